The zero-order valence-electron chi connectivity index (χ0n) is 9.95. The maximum absolute atomic E-state index is 9.01. The van der Waals surface area contributed by atoms with Gasteiger partial charge in [-0.15, -0.1) is 0 Å². The summed E-state index contributed by atoms with van der Waals surface area (Å²) in [5.41, 5.74) is 1.37. The molecular formula is C13H16N2O. The van der Waals surface area contributed by atoms with Crippen molar-refractivity contribution in [2.75, 3.05) is 0 Å². The molecule has 1 saturated carbocycles. The fraction of sp³-hybridized carbons (Fsp3) is 0.538. The molecule has 1 aromatic heterocycles. The first-order valence-corrected chi connectivity index (χ1v) is 5.58. The van der Waals surface area contributed by atoms with Crippen LogP contribution in [0.2, 0.25) is 0 Å². The van der Waals surface area contributed by atoms with Gasteiger partial charge in [-0.1, -0.05) is 20.8 Å². The predicted molar refractivity (Wildman–Crippen MR) is 61.3 cm³/mol. The lowest BCUT2D eigenvalue weighted by molar-refractivity contribution is 0.301. The number of hydrogen-bond acceptors (Lipinski definition) is 3. The summed E-state index contributed by atoms with van der Waals surface area (Å²) in [4.78, 5) is 4.16. The lowest BCUT2D eigenvalue weighted by Crippen LogP contribution is -2.14. The number of aromatic nitrogens is 1. The molecule has 0 saturated heterocycles. The SMILES string of the molecule is CC(C)(C)c1cc(OC2CC2)cnc1C#N. The quantitative estimate of drug-likeness (QED) is 0.763. The Morgan fingerprint density at radius 1 is 1.44 bits per heavy atom. The van der Waals surface area contributed by atoms with E-state index in [4.69, 9.17) is 10.00 Å². The maximum atomic E-state index is 9.01. The van der Waals surface area contributed by atoms with E-state index >= 15 is 0 Å². The second-order valence-electron chi connectivity index (χ2n) is 5.25. The van der Waals surface area contributed by atoms with Crippen LogP contribution in [-0.2, 0) is 5.41 Å². The van der Waals surface area contributed by atoms with Gasteiger partial charge in [0.2, 0.25) is 0 Å². The van der Waals surface area contributed by atoms with Gasteiger partial charge in [0.05, 0.1) is 12.3 Å². The van der Waals surface area contributed by atoms with Gasteiger partial charge >= 0.3 is 0 Å². The van der Waals surface area contributed by atoms with E-state index in [0.29, 0.717) is 11.8 Å². The van der Waals surface area contributed by atoms with Gasteiger partial charge in [0.25, 0.3) is 0 Å². The van der Waals surface area contributed by atoms with Crippen molar-refractivity contribution in [3.05, 3.63) is 23.5 Å². The van der Waals surface area contributed by atoms with E-state index in [0.717, 1.165) is 24.2 Å². The van der Waals surface area contributed by atoms with Crippen molar-refractivity contribution >= 4 is 0 Å². The van der Waals surface area contributed by atoms with Crippen LogP contribution in [0.4, 0.5) is 0 Å². The molecule has 3 heteroatoms. The summed E-state index contributed by atoms with van der Waals surface area (Å²) in [7, 11) is 0. The largest absolute Gasteiger partial charge is 0.489 e. The molecule has 0 aromatic carbocycles. The van der Waals surface area contributed by atoms with E-state index in [9.17, 15) is 0 Å². The van der Waals surface area contributed by atoms with E-state index in [1.54, 1.807) is 6.20 Å². The normalized spacial score (nSPS) is 15.6. The monoisotopic (exact) mass is 216 g/mol. The first-order valence-electron chi connectivity index (χ1n) is 5.58. The molecule has 2 rings (SSSR count). The van der Waals surface area contributed by atoms with Crippen molar-refractivity contribution < 1.29 is 4.74 Å². The minimum atomic E-state index is -0.0824. The highest BCUT2D eigenvalue weighted by molar-refractivity contribution is 5.40. The summed E-state index contributed by atoms with van der Waals surface area (Å²) < 4.78 is 5.69. The molecule has 84 valence electrons. The average Bonchev–Trinajstić information content (AvgIpc) is 3.00. The molecule has 0 radical (unpaired) electrons. The Bertz CT molecular complexity index is 436. The fourth-order valence-corrected chi connectivity index (χ4v) is 1.55. The Morgan fingerprint density at radius 2 is 2.12 bits per heavy atom. The van der Waals surface area contributed by atoms with Gasteiger partial charge in [-0.2, -0.15) is 5.26 Å². The van der Waals surface area contributed by atoms with Crippen molar-refractivity contribution in [1.82, 2.24) is 4.98 Å². The third-order valence-electron chi connectivity index (χ3n) is 2.60. The summed E-state index contributed by atoms with van der Waals surface area (Å²) in [5.74, 6) is 0.784. The minimum Gasteiger partial charge on any atom is -0.489 e. The van der Waals surface area contributed by atoms with Gasteiger partial charge in [-0.3, -0.25) is 0 Å². The highest BCUT2D eigenvalue weighted by atomic mass is 16.5. The van der Waals surface area contributed by atoms with Crippen molar-refractivity contribution in [2.45, 2.75) is 45.1 Å². The van der Waals surface area contributed by atoms with Crippen LogP contribution in [-0.4, -0.2) is 11.1 Å². The number of pyridine rings is 1. The van der Waals surface area contributed by atoms with E-state index in [-0.39, 0.29) is 5.41 Å². The van der Waals surface area contributed by atoms with Crippen LogP contribution in [0.3, 0.4) is 0 Å². The Labute approximate surface area is 96.1 Å². The van der Waals surface area contributed by atoms with Crippen LogP contribution in [0.1, 0.15) is 44.9 Å². The topological polar surface area (TPSA) is 45.9 Å². The van der Waals surface area contributed by atoms with Crippen LogP contribution in [0.15, 0.2) is 12.3 Å². The van der Waals surface area contributed by atoms with Crippen LogP contribution < -0.4 is 4.74 Å². The lowest BCUT2D eigenvalue weighted by atomic mass is 9.86. The fourth-order valence-electron chi connectivity index (χ4n) is 1.55. The van der Waals surface area contributed by atoms with E-state index in [1.807, 2.05) is 6.07 Å². The van der Waals surface area contributed by atoms with Crippen LogP contribution in [0.5, 0.6) is 5.75 Å². The Balaban J connectivity index is 2.34. The average molecular weight is 216 g/mol. The summed E-state index contributed by atoms with van der Waals surface area (Å²) in [6, 6.07) is 4.08. The standard InChI is InChI=1S/C13H16N2O/c1-13(2,3)11-6-10(16-9-4-5-9)8-15-12(11)7-14/h6,8-9H,4-5H2,1-3H3. The Hall–Kier alpha value is -1.56. The molecule has 0 amide bonds. The molecule has 0 bridgehead atoms. The lowest BCUT2D eigenvalue weighted by Gasteiger charge is -2.20. The summed E-state index contributed by atoms with van der Waals surface area (Å²) in [5, 5.41) is 9.01. The van der Waals surface area contributed by atoms with Gasteiger partial charge < -0.3 is 4.74 Å². The first kappa shape index (κ1) is 10.9. The highest BCUT2D eigenvalue weighted by Crippen LogP contribution is 2.31. The summed E-state index contributed by atoms with van der Waals surface area (Å²) in [6.07, 6.45) is 4.27. The molecule has 16 heavy (non-hydrogen) atoms. The molecule has 0 unspecified atom stereocenters. The van der Waals surface area contributed by atoms with Gasteiger partial charge in [-0.05, 0) is 29.9 Å². The number of nitriles is 1. The molecule has 0 atom stereocenters. The highest BCUT2D eigenvalue weighted by Gasteiger charge is 2.25. The molecule has 0 spiro atoms. The van der Waals surface area contributed by atoms with Crippen molar-refractivity contribution in [3.63, 3.8) is 0 Å². The molecule has 1 aromatic rings. The molecular weight excluding hydrogens is 200 g/mol. The van der Waals surface area contributed by atoms with Crippen LogP contribution in [0.25, 0.3) is 0 Å². The minimum absolute atomic E-state index is 0.0824. The Kier molecular flexibility index (Phi) is 2.59. The molecule has 0 aliphatic heterocycles. The first-order chi connectivity index (χ1) is 7.50. The third kappa shape index (κ3) is 2.33. The molecule has 1 aliphatic carbocycles. The zero-order chi connectivity index (χ0) is 11.8. The second-order valence-corrected chi connectivity index (χ2v) is 5.25. The van der Waals surface area contributed by atoms with Gasteiger partial charge in [0.1, 0.15) is 17.5 Å². The predicted octanol–water partition coefficient (Wildman–Crippen LogP) is 2.79. The number of hydrogen-bond donors (Lipinski definition) is 0. The van der Waals surface area contributed by atoms with E-state index in [1.165, 1.54) is 0 Å². The van der Waals surface area contributed by atoms with Crippen molar-refractivity contribution in [1.29, 1.82) is 5.26 Å². The molecule has 1 fully saturated rings. The van der Waals surface area contributed by atoms with E-state index < -0.39 is 0 Å². The van der Waals surface area contributed by atoms with Gasteiger partial charge in [0.15, 0.2) is 0 Å². The van der Waals surface area contributed by atoms with Gasteiger partial charge in [-0.25, -0.2) is 4.98 Å². The Morgan fingerprint density at radius 3 is 2.62 bits per heavy atom. The number of nitrogens with zero attached hydrogens (tertiary/aromatic N) is 2. The number of rotatable bonds is 2. The van der Waals surface area contributed by atoms with Crippen molar-refractivity contribution in [3.8, 4) is 11.8 Å². The molecule has 3 nitrogen and oxygen atoms in total. The van der Waals surface area contributed by atoms with Crippen LogP contribution in [0, 0.1) is 11.3 Å². The molecule has 1 heterocycles. The molecule has 1 aliphatic rings. The second kappa shape index (κ2) is 3.79. The number of ether oxygens (including phenoxy) is 1. The van der Waals surface area contributed by atoms with Crippen molar-refractivity contribution in [2.24, 2.45) is 0 Å². The van der Waals surface area contributed by atoms with Gasteiger partial charge in [0, 0.05) is 0 Å². The van der Waals surface area contributed by atoms with E-state index in [2.05, 4.69) is 31.8 Å². The summed E-state index contributed by atoms with van der Waals surface area (Å²) >= 11 is 0. The van der Waals surface area contributed by atoms with Crippen LogP contribution >= 0.6 is 0 Å². The summed E-state index contributed by atoms with van der Waals surface area (Å²) in [6.45, 7) is 6.23. The smallest absolute Gasteiger partial charge is 0.144 e. The molecule has 0 N–H and O–H groups in total. The maximum Gasteiger partial charge on any atom is 0.144 e. The zero-order valence-corrected chi connectivity index (χ0v) is 9.95. The third-order valence-corrected chi connectivity index (χ3v) is 2.60.